The molecule has 23 heavy (non-hydrogen) atoms. The number of carbonyl (C=O) groups is 2. The van der Waals surface area contributed by atoms with Crippen LogP contribution in [-0.4, -0.2) is 57.7 Å². The lowest BCUT2D eigenvalue weighted by atomic mass is 10.2. The van der Waals surface area contributed by atoms with Crippen LogP contribution in [0.2, 0.25) is 0 Å². The zero-order valence-corrected chi connectivity index (χ0v) is 13.4. The molecule has 1 fully saturated rings. The molecule has 1 saturated heterocycles. The average Bonchev–Trinajstić information content (AvgIpc) is 3.15. The number of nitrogens with one attached hydrogen (secondary N) is 1. The number of amides is 1. The van der Waals surface area contributed by atoms with Gasteiger partial charge in [-0.2, -0.15) is 0 Å². The van der Waals surface area contributed by atoms with Crippen LogP contribution in [0.15, 0.2) is 17.6 Å². The van der Waals surface area contributed by atoms with E-state index in [9.17, 15) is 9.59 Å². The molecule has 0 aromatic carbocycles. The smallest absolute Gasteiger partial charge is 0.306 e. The summed E-state index contributed by atoms with van der Waals surface area (Å²) in [5, 5.41) is 11.8. The topological polar surface area (TPSA) is 95.5 Å². The minimum Gasteiger partial charge on any atom is -0.481 e. The summed E-state index contributed by atoms with van der Waals surface area (Å²) in [5.74, 6) is -1.08. The first-order valence-corrected chi connectivity index (χ1v) is 8.14. The molecule has 3 heterocycles. The molecule has 2 aromatic heterocycles. The van der Waals surface area contributed by atoms with E-state index in [2.05, 4.69) is 9.97 Å². The molecule has 1 amide bonds. The van der Waals surface area contributed by atoms with Crippen LogP contribution in [0.25, 0.3) is 11.3 Å². The van der Waals surface area contributed by atoms with Crippen LogP contribution in [0, 0.1) is 6.92 Å². The molecule has 0 aliphatic carbocycles. The number of aromatic amines is 1. The number of thiazole rings is 1. The third kappa shape index (κ3) is 3.59. The van der Waals surface area contributed by atoms with E-state index in [1.807, 2.05) is 12.3 Å². The Hall–Kier alpha value is -2.19. The molecule has 0 unspecified atom stereocenters. The van der Waals surface area contributed by atoms with E-state index >= 15 is 0 Å². The molecular formula is C15H17N3O4S. The van der Waals surface area contributed by atoms with Crippen LogP contribution in [-0.2, 0) is 9.53 Å². The van der Waals surface area contributed by atoms with Gasteiger partial charge >= 0.3 is 5.97 Å². The van der Waals surface area contributed by atoms with Crippen molar-refractivity contribution in [1.82, 2.24) is 14.9 Å². The summed E-state index contributed by atoms with van der Waals surface area (Å²) in [7, 11) is 0. The second kappa shape index (κ2) is 6.51. The summed E-state index contributed by atoms with van der Waals surface area (Å²) < 4.78 is 5.39. The fourth-order valence-electron chi connectivity index (χ4n) is 2.55. The van der Waals surface area contributed by atoms with E-state index in [0.717, 1.165) is 16.3 Å². The maximum Gasteiger partial charge on any atom is 0.306 e. The molecule has 0 radical (unpaired) electrons. The number of carboxylic acids is 1. The Morgan fingerprint density at radius 1 is 1.57 bits per heavy atom. The Morgan fingerprint density at radius 3 is 3.09 bits per heavy atom. The second-order valence-electron chi connectivity index (χ2n) is 5.40. The van der Waals surface area contributed by atoms with E-state index in [-0.39, 0.29) is 18.9 Å². The van der Waals surface area contributed by atoms with E-state index < -0.39 is 12.1 Å². The largest absolute Gasteiger partial charge is 0.481 e. The summed E-state index contributed by atoms with van der Waals surface area (Å²) in [6, 6.07) is 1.78. The molecule has 0 saturated carbocycles. The van der Waals surface area contributed by atoms with Crippen molar-refractivity contribution in [2.45, 2.75) is 19.4 Å². The van der Waals surface area contributed by atoms with Crippen LogP contribution in [0.1, 0.15) is 21.9 Å². The number of aryl methyl sites for hydroxylation is 1. The first kappa shape index (κ1) is 15.7. The maximum atomic E-state index is 12.6. The van der Waals surface area contributed by atoms with Crippen LogP contribution in [0.4, 0.5) is 0 Å². The Bertz CT molecular complexity index is 724. The predicted octanol–water partition coefficient (Wildman–Crippen LogP) is 1.76. The van der Waals surface area contributed by atoms with Gasteiger partial charge in [0.15, 0.2) is 0 Å². The molecule has 2 N–H and O–H groups in total. The lowest BCUT2D eigenvalue weighted by Crippen LogP contribution is -2.46. The number of H-pyrrole nitrogens is 1. The average molecular weight is 335 g/mol. The van der Waals surface area contributed by atoms with Gasteiger partial charge in [-0.3, -0.25) is 9.59 Å². The highest BCUT2D eigenvalue weighted by Crippen LogP contribution is 2.23. The second-order valence-corrected chi connectivity index (χ2v) is 6.46. The SMILES string of the molecule is Cc1nc(-c2c[nH]c(C(=O)N3CCO[C@@H](CC(=O)O)C3)c2)cs1. The van der Waals surface area contributed by atoms with Gasteiger partial charge in [0.2, 0.25) is 0 Å². The summed E-state index contributed by atoms with van der Waals surface area (Å²) in [5.41, 5.74) is 2.18. The zero-order chi connectivity index (χ0) is 16.4. The monoisotopic (exact) mass is 335 g/mol. The number of carboxylic acid groups (broad SMARTS) is 1. The van der Waals surface area contributed by atoms with Gasteiger partial charge in [0.1, 0.15) is 5.69 Å². The van der Waals surface area contributed by atoms with Crippen LogP contribution < -0.4 is 0 Å². The third-order valence-electron chi connectivity index (χ3n) is 3.66. The number of ether oxygens (including phenoxy) is 1. The lowest BCUT2D eigenvalue weighted by molar-refractivity contribution is -0.141. The van der Waals surface area contributed by atoms with Crippen molar-refractivity contribution >= 4 is 23.2 Å². The summed E-state index contributed by atoms with van der Waals surface area (Å²) >= 11 is 1.56. The molecule has 7 nitrogen and oxygen atoms in total. The Balaban J connectivity index is 1.70. The van der Waals surface area contributed by atoms with Crippen molar-refractivity contribution < 1.29 is 19.4 Å². The number of nitrogens with zero attached hydrogens (tertiary/aromatic N) is 2. The minimum absolute atomic E-state index is 0.0993. The zero-order valence-electron chi connectivity index (χ0n) is 12.6. The molecule has 1 aliphatic rings. The van der Waals surface area contributed by atoms with Gasteiger partial charge in [-0.1, -0.05) is 0 Å². The Morgan fingerprint density at radius 2 is 2.39 bits per heavy atom. The van der Waals surface area contributed by atoms with E-state index in [1.54, 1.807) is 28.5 Å². The van der Waals surface area contributed by atoms with Crippen molar-refractivity contribution in [3.05, 3.63) is 28.3 Å². The van der Waals surface area contributed by atoms with Gasteiger partial charge in [-0.15, -0.1) is 11.3 Å². The van der Waals surface area contributed by atoms with Crippen molar-refractivity contribution in [3.63, 3.8) is 0 Å². The molecule has 8 heteroatoms. The Kier molecular flexibility index (Phi) is 4.44. The highest BCUT2D eigenvalue weighted by molar-refractivity contribution is 7.09. The molecular weight excluding hydrogens is 318 g/mol. The minimum atomic E-state index is -0.926. The predicted molar refractivity (Wildman–Crippen MR) is 84.5 cm³/mol. The number of hydrogen-bond acceptors (Lipinski definition) is 5. The molecule has 0 bridgehead atoms. The van der Waals surface area contributed by atoms with Gasteiger partial charge in [-0.05, 0) is 13.0 Å². The number of aliphatic carboxylic acids is 1. The molecule has 122 valence electrons. The van der Waals surface area contributed by atoms with Gasteiger partial charge in [0.25, 0.3) is 5.91 Å². The summed E-state index contributed by atoms with van der Waals surface area (Å²) in [6.45, 7) is 3.03. The highest BCUT2D eigenvalue weighted by Gasteiger charge is 2.27. The fourth-order valence-corrected chi connectivity index (χ4v) is 3.18. The van der Waals surface area contributed by atoms with Crippen LogP contribution in [0.5, 0.6) is 0 Å². The summed E-state index contributed by atoms with van der Waals surface area (Å²) in [4.78, 5) is 32.3. The van der Waals surface area contributed by atoms with Gasteiger partial charge < -0.3 is 19.7 Å². The maximum absolute atomic E-state index is 12.6. The highest BCUT2D eigenvalue weighted by atomic mass is 32.1. The van der Waals surface area contributed by atoms with E-state index in [1.165, 1.54) is 0 Å². The van der Waals surface area contributed by atoms with Crippen molar-refractivity contribution in [1.29, 1.82) is 0 Å². The van der Waals surface area contributed by atoms with Gasteiger partial charge in [-0.25, -0.2) is 4.98 Å². The van der Waals surface area contributed by atoms with Crippen LogP contribution >= 0.6 is 11.3 Å². The van der Waals surface area contributed by atoms with Gasteiger partial charge in [0.05, 0.1) is 29.8 Å². The number of aromatic nitrogens is 2. The van der Waals surface area contributed by atoms with Crippen molar-refractivity contribution in [2.24, 2.45) is 0 Å². The molecule has 1 atom stereocenters. The van der Waals surface area contributed by atoms with Gasteiger partial charge in [0, 0.05) is 30.2 Å². The quantitative estimate of drug-likeness (QED) is 0.888. The molecule has 2 aromatic rings. The number of hydrogen-bond donors (Lipinski definition) is 2. The van der Waals surface area contributed by atoms with Crippen molar-refractivity contribution in [3.8, 4) is 11.3 Å². The standard InChI is InChI=1S/C15H17N3O4S/c1-9-17-13(8-23-9)10-4-12(16-6-10)15(21)18-2-3-22-11(7-18)5-14(19)20/h4,6,8,11,16H,2-3,5,7H2,1H3,(H,19,20)/t11-/m0/s1. The third-order valence-corrected chi connectivity index (χ3v) is 4.43. The normalized spacial score (nSPS) is 18.1. The molecule has 1 aliphatic heterocycles. The van der Waals surface area contributed by atoms with Crippen molar-refractivity contribution in [2.75, 3.05) is 19.7 Å². The van der Waals surface area contributed by atoms with Crippen LogP contribution in [0.3, 0.4) is 0 Å². The number of carbonyl (C=O) groups excluding carboxylic acids is 1. The van der Waals surface area contributed by atoms with E-state index in [0.29, 0.717) is 18.8 Å². The molecule has 0 spiro atoms. The first-order chi connectivity index (χ1) is 11.0. The Labute approximate surface area is 136 Å². The first-order valence-electron chi connectivity index (χ1n) is 7.26. The lowest BCUT2D eigenvalue weighted by Gasteiger charge is -2.32. The number of morpholine rings is 1. The van der Waals surface area contributed by atoms with E-state index in [4.69, 9.17) is 9.84 Å². The molecule has 3 rings (SSSR count). The number of rotatable bonds is 4. The fraction of sp³-hybridized carbons (Fsp3) is 0.400. The summed E-state index contributed by atoms with van der Waals surface area (Å²) in [6.07, 6.45) is 1.20.